The second-order valence-corrected chi connectivity index (χ2v) is 2.02. The van der Waals surface area contributed by atoms with Gasteiger partial charge in [0.05, 0.1) is 6.61 Å². The zero-order chi connectivity index (χ0) is 7.82. The lowest BCUT2D eigenvalue weighted by Gasteiger charge is -2.17. The van der Waals surface area contributed by atoms with E-state index in [9.17, 15) is 0 Å². The Balaban J connectivity index is 3.29. The van der Waals surface area contributed by atoms with Crippen LogP contribution in [0.1, 0.15) is 20.3 Å². The summed E-state index contributed by atoms with van der Waals surface area (Å²) in [6.07, 6.45) is 2.90. The quantitative estimate of drug-likeness (QED) is 0.415. The van der Waals surface area contributed by atoms with E-state index in [1.807, 2.05) is 18.1 Å². The van der Waals surface area contributed by atoms with Crippen LogP contribution >= 0.6 is 0 Å². The Labute approximate surface area is 63.4 Å². The molecule has 0 amide bonds. The Bertz CT molecular complexity index is 83.3. The fourth-order valence-electron chi connectivity index (χ4n) is 0.732. The van der Waals surface area contributed by atoms with Crippen molar-refractivity contribution in [3.05, 3.63) is 12.7 Å². The summed E-state index contributed by atoms with van der Waals surface area (Å²) in [5, 5.41) is 1.95. The molecule has 0 unspecified atom stereocenters. The molecule has 0 aromatic rings. The zero-order valence-corrected chi connectivity index (χ0v) is 6.97. The highest BCUT2D eigenvalue weighted by atomic mass is 16.7. The van der Waals surface area contributed by atoms with Crippen LogP contribution in [0.25, 0.3) is 0 Å². The molecule has 0 N–H and O–H groups in total. The standard InChI is InChI=1S/C8H17NO/c1-4-7-8-9(5-2)10-6-3/h4H,1,5-8H2,2-3H3. The number of hydrogen-bond acceptors (Lipinski definition) is 2. The van der Waals surface area contributed by atoms with Crippen LogP contribution in [-0.2, 0) is 4.84 Å². The zero-order valence-electron chi connectivity index (χ0n) is 6.97. The van der Waals surface area contributed by atoms with E-state index in [0.717, 1.165) is 26.1 Å². The molecule has 0 saturated carbocycles. The molecule has 0 rings (SSSR count). The molecule has 0 aliphatic carbocycles. The lowest BCUT2D eigenvalue weighted by atomic mass is 10.4. The molecule has 0 heterocycles. The highest BCUT2D eigenvalue weighted by Gasteiger charge is 1.97. The van der Waals surface area contributed by atoms with E-state index >= 15 is 0 Å². The summed E-state index contributed by atoms with van der Waals surface area (Å²) in [4.78, 5) is 5.28. The smallest absolute Gasteiger partial charge is 0.0656 e. The van der Waals surface area contributed by atoms with Crippen LogP contribution in [-0.4, -0.2) is 24.8 Å². The molecule has 0 aliphatic rings. The van der Waals surface area contributed by atoms with Crippen molar-refractivity contribution in [2.24, 2.45) is 0 Å². The predicted molar refractivity (Wildman–Crippen MR) is 43.7 cm³/mol. The number of nitrogens with zero attached hydrogens (tertiary/aromatic N) is 1. The SMILES string of the molecule is C=CCCN(CC)OCC. The van der Waals surface area contributed by atoms with Gasteiger partial charge >= 0.3 is 0 Å². The van der Waals surface area contributed by atoms with E-state index in [4.69, 9.17) is 4.84 Å². The molecular weight excluding hydrogens is 126 g/mol. The van der Waals surface area contributed by atoms with Crippen molar-refractivity contribution in [1.82, 2.24) is 5.06 Å². The molecule has 0 fully saturated rings. The number of rotatable bonds is 6. The first-order valence-corrected chi connectivity index (χ1v) is 3.83. The van der Waals surface area contributed by atoms with E-state index in [2.05, 4.69) is 13.5 Å². The molecule has 2 nitrogen and oxygen atoms in total. The molecule has 2 heteroatoms. The molecule has 0 aliphatic heterocycles. The molecule has 0 aromatic carbocycles. The fourth-order valence-corrected chi connectivity index (χ4v) is 0.732. The van der Waals surface area contributed by atoms with E-state index in [-0.39, 0.29) is 0 Å². The van der Waals surface area contributed by atoms with Gasteiger partial charge in [0.2, 0.25) is 0 Å². The summed E-state index contributed by atoms with van der Waals surface area (Å²) >= 11 is 0. The number of hydrogen-bond donors (Lipinski definition) is 0. The van der Waals surface area contributed by atoms with Crippen molar-refractivity contribution < 1.29 is 4.84 Å². The highest BCUT2D eigenvalue weighted by molar-refractivity contribution is 4.66. The van der Waals surface area contributed by atoms with Gasteiger partial charge in [-0.1, -0.05) is 13.0 Å². The third kappa shape index (κ3) is 4.53. The van der Waals surface area contributed by atoms with Gasteiger partial charge in [0.15, 0.2) is 0 Å². The minimum Gasteiger partial charge on any atom is -0.299 e. The second-order valence-electron chi connectivity index (χ2n) is 2.02. The molecule has 0 atom stereocenters. The van der Waals surface area contributed by atoms with Gasteiger partial charge in [0.25, 0.3) is 0 Å². The van der Waals surface area contributed by atoms with Crippen LogP contribution in [0, 0.1) is 0 Å². The average Bonchev–Trinajstić information content (AvgIpc) is 1.98. The molecule has 10 heavy (non-hydrogen) atoms. The third-order valence-electron chi connectivity index (χ3n) is 1.25. The summed E-state index contributed by atoms with van der Waals surface area (Å²) in [5.74, 6) is 0. The van der Waals surface area contributed by atoms with Gasteiger partial charge in [-0.25, -0.2) is 0 Å². The molecule has 0 saturated heterocycles. The van der Waals surface area contributed by atoms with Gasteiger partial charge in [-0.3, -0.25) is 4.84 Å². The summed E-state index contributed by atoms with van der Waals surface area (Å²) in [6, 6.07) is 0. The van der Waals surface area contributed by atoms with Crippen molar-refractivity contribution in [2.45, 2.75) is 20.3 Å². The Kier molecular flexibility index (Phi) is 6.55. The van der Waals surface area contributed by atoms with Crippen molar-refractivity contribution >= 4 is 0 Å². The topological polar surface area (TPSA) is 12.5 Å². The van der Waals surface area contributed by atoms with Crippen molar-refractivity contribution in [1.29, 1.82) is 0 Å². The van der Waals surface area contributed by atoms with Crippen molar-refractivity contribution in [2.75, 3.05) is 19.7 Å². The summed E-state index contributed by atoms with van der Waals surface area (Å²) in [5.41, 5.74) is 0. The van der Waals surface area contributed by atoms with E-state index in [1.165, 1.54) is 0 Å². The first-order valence-electron chi connectivity index (χ1n) is 3.83. The van der Waals surface area contributed by atoms with Crippen LogP contribution in [0.3, 0.4) is 0 Å². The Morgan fingerprint density at radius 1 is 1.50 bits per heavy atom. The second kappa shape index (κ2) is 6.78. The van der Waals surface area contributed by atoms with Crippen LogP contribution in [0.5, 0.6) is 0 Å². The van der Waals surface area contributed by atoms with Crippen molar-refractivity contribution in [3.8, 4) is 0 Å². The molecule has 0 aromatic heterocycles. The molecule has 0 bridgehead atoms. The van der Waals surface area contributed by atoms with E-state index in [0.29, 0.717) is 0 Å². The van der Waals surface area contributed by atoms with Crippen LogP contribution in [0.4, 0.5) is 0 Å². The van der Waals surface area contributed by atoms with Crippen molar-refractivity contribution in [3.63, 3.8) is 0 Å². The van der Waals surface area contributed by atoms with E-state index < -0.39 is 0 Å². The van der Waals surface area contributed by atoms with Crippen LogP contribution < -0.4 is 0 Å². The minimum absolute atomic E-state index is 0.755. The average molecular weight is 143 g/mol. The largest absolute Gasteiger partial charge is 0.299 e. The van der Waals surface area contributed by atoms with Gasteiger partial charge < -0.3 is 0 Å². The summed E-state index contributed by atoms with van der Waals surface area (Å²) in [7, 11) is 0. The Morgan fingerprint density at radius 2 is 2.20 bits per heavy atom. The third-order valence-corrected chi connectivity index (χ3v) is 1.25. The van der Waals surface area contributed by atoms with Gasteiger partial charge in [0.1, 0.15) is 0 Å². The molecular formula is C8H17NO. The first-order chi connectivity index (χ1) is 4.85. The maximum absolute atomic E-state index is 5.28. The maximum Gasteiger partial charge on any atom is 0.0656 e. The molecule has 0 spiro atoms. The minimum atomic E-state index is 0.755. The van der Waals surface area contributed by atoms with Gasteiger partial charge in [0, 0.05) is 13.1 Å². The van der Waals surface area contributed by atoms with Gasteiger partial charge in [-0.05, 0) is 13.3 Å². The first kappa shape index (κ1) is 9.66. The summed E-state index contributed by atoms with van der Waals surface area (Å²) in [6.45, 7) is 10.4. The number of hydroxylamine groups is 2. The molecule has 0 radical (unpaired) electrons. The lowest BCUT2D eigenvalue weighted by Crippen LogP contribution is -2.24. The van der Waals surface area contributed by atoms with Gasteiger partial charge in [-0.2, -0.15) is 5.06 Å². The summed E-state index contributed by atoms with van der Waals surface area (Å²) < 4.78 is 0. The predicted octanol–water partition coefficient (Wildman–Crippen LogP) is 1.84. The Hall–Kier alpha value is -0.340. The monoisotopic (exact) mass is 143 g/mol. The fraction of sp³-hybridized carbons (Fsp3) is 0.750. The lowest BCUT2D eigenvalue weighted by molar-refractivity contribution is -0.150. The Morgan fingerprint density at radius 3 is 2.60 bits per heavy atom. The molecule has 60 valence electrons. The highest BCUT2D eigenvalue weighted by Crippen LogP contribution is 1.92. The maximum atomic E-state index is 5.28. The van der Waals surface area contributed by atoms with Crippen LogP contribution in [0.2, 0.25) is 0 Å². The van der Waals surface area contributed by atoms with E-state index in [1.54, 1.807) is 0 Å². The normalized spacial score (nSPS) is 10.3. The van der Waals surface area contributed by atoms with Crippen LogP contribution in [0.15, 0.2) is 12.7 Å². The van der Waals surface area contributed by atoms with Gasteiger partial charge in [-0.15, -0.1) is 6.58 Å².